The van der Waals surface area contributed by atoms with Gasteiger partial charge in [0.05, 0.1) is 5.56 Å². The van der Waals surface area contributed by atoms with Crippen LogP contribution in [0.15, 0.2) is 42.6 Å². The third kappa shape index (κ3) is 3.38. The van der Waals surface area contributed by atoms with E-state index in [9.17, 15) is 13.2 Å². The molecule has 2 nitrogen and oxygen atoms in total. The minimum atomic E-state index is -4.44. The van der Waals surface area contributed by atoms with Crippen LogP contribution in [-0.4, -0.2) is 4.98 Å². The SMILES string of the molecule is FC(F)(F)c1cccnc1Nc1cccc(CCl)c1. The summed E-state index contributed by atoms with van der Waals surface area (Å²) in [6.45, 7) is 0. The van der Waals surface area contributed by atoms with Crippen LogP contribution in [0.1, 0.15) is 11.1 Å². The molecule has 0 unspecified atom stereocenters. The molecule has 0 amide bonds. The van der Waals surface area contributed by atoms with Crippen LogP contribution in [-0.2, 0) is 12.1 Å². The van der Waals surface area contributed by atoms with Crippen LogP contribution in [0.5, 0.6) is 0 Å². The molecular formula is C13H10ClF3N2. The summed E-state index contributed by atoms with van der Waals surface area (Å²) < 4.78 is 38.4. The smallest absolute Gasteiger partial charge is 0.340 e. The maximum atomic E-state index is 12.8. The van der Waals surface area contributed by atoms with E-state index >= 15 is 0 Å². The Hall–Kier alpha value is -1.75. The summed E-state index contributed by atoms with van der Waals surface area (Å²) in [5.74, 6) is 0.0749. The van der Waals surface area contributed by atoms with Crippen molar-refractivity contribution in [1.82, 2.24) is 4.98 Å². The lowest BCUT2D eigenvalue weighted by Crippen LogP contribution is -2.10. The first-order valence-electron chi connectivity index (χ1n) is 5.45. The van der Waals surface area contributed by atoms with Crippen molar-refractivity contribution in [2.45, 2.75) is 12.1 Å². The van der Waals surface area contributed by atoms with E-state index in [0.717, 1.165) is 11.6 Å². The molecule has 2 rings (SSSR count). The van der Waals surface area contributed by atoms with Crippen molar-refractivity contribution >= 4 is 23.1 Å². The highest BCUT2D eigenvalue weighted by molar-refractivity contribution is 6.17. The van der Waals surface area contributed by atoms with E-state index < -0.39 is 11.7 Å². The fourth-order valence-corrected chi connectivity index (χ4v) is 1.77. The first-order chi connectivity index (χ1) is 9.00. The number of benzene rings is 1. The van der Waals surface area contributed by atoms with Crippen LogP contribution >= 0.6 is 11.6 Å². The Morgan fingerprint density at radius 1 is 1.16 bits per heavy atom. The van der Waals surface area contributed by atoms with Gasteiger partial charge in [-0.15, -0.1) is 11.6 Å². The van der Waals surface area contributed by atoms with E-state index in [1.54, 1.807) is 24.3 Å². The quantitative estimate of drug-likeness (QED) is 0.835. The molecule has 0 bridgehead atoms. The van der Waals surface area contributed by atoms with Crippen molar-refractivity contribution in [2.24, 2.45) is 0 Å². The second kappa shape index (κ2) is 5.48. The van der Waals surface area contributed by atoms with Gasteiger partial charge in [0.15, 0.2) is 0 Å². The summed E-state index contributed by atoms with van der Waals surface area (Å²) in [4.78, 5) is 3.73. The summed E-state index contributed by atoms with van der Waals surface area (Å²) in [5.41, 5.74) is 0.532. The average molecular weight is 287 g/mol. The standard InChI is InChI=1S/C13H10ClF3N2/c14-8-9-3-1-4-10(7-9)19-12-11(13(15,16)17)5-2-6-18-12/h1-7H,8H2,(H,18,19). The highest BCUT2D eigenvalue weighted by Gasteiger charge is 2.34. The third-order valence-corrected chi connectivity index (χ3v) is 2.77. The molecule has 0 saturated heterocycles. The number of alkyl halides is 4. The lowest BCUT2D eigenvalue weighted by atomic mass is 10.2. The second-order valence-electron chi connectivity index (χ2n) is 3.86. The normalized spacial score (nSPS) is 11.4. The maximum Gasteiger partial charge on any atom is 0.419 e. The van der Waals surface area contributed by atoms with Gasteiger partial charge in [-0.05, 0) is 29.8 Å². The minimum Gasteiger partial charge on any atom is -0.340 e. The first kappa shape index (κ1) is 13.7. The molecule has 0 aliphatic carbocycles. The van der Waals surface area contributed by atoms with Gasteiger partial charge >= 0.3 is 6.18 Å². The largest absolute Gasteiger partial charge is 0.419 e. The lowest BCUT2D eigenvalue weighted by Gasteiger charge is -2.13. The summed E-state index contributed by atoms with van der Waals surface area (Å²) in [6.07, 6.45) is -3.14. The number of pyridine rings is 1. The molecule has 1 aromatic heterocycles. The zero-order valence-electron chi connectivity index (χ0n) is 9.71. The first-order valence-corrected chi connectivity index (χ1v) is 5.98. The Kier molecular flexibility index (Phi) is 3.95. The fraction of sp³-hybridized carbons (Fsp3) is 0.154. The van der Waals surface area contributed by atoms with Crippen molar-refractivity contribution in [2.75, 3.05) is 5.32 Å². The number of hydrogen-bond acceptors (Lipinski definition) is 2. The van der Waals surface area contributed by atoms with E-state index in [4.69, 9.17) is 11.6 Å². The highest BCUT2D eigenvalue weighted by Crippen LogP contribution is 2.34. The molecule has 0 radical (unpaired) electrons. The number of halogens is 4. The van der Waals surface area contributed by atoms with Crippen LogP contribution in [0.4, 0.5) is 24.7 Å². The molecule has 0 spiro atoms. The number of hydrogen-bond donors (Lipinski definition) is 1. The molecule has 6 heteroatoms. The Morgan fingerprint density at radius 3 is 2.63 bits per heavy atom. The van der Waals surface area contributed by atoms with Gasteiger partial charge in [-0.25, -0.2) is 4.98 Å². The fourth-order valence-electron chi connectivity index (χ4n) is 1.60. The van der Waals surface area contributed by atoms with Crippen LogP contribution < -0.4 is 5.32 Å². The summed E-state index contributed by atoms with van der Waals surface area (Å²) in [6, 6.07) is 9.09. The molecule has 1 heterocycles. The molecule has 2 aromatic rings. The number of aromatic nitrogens is 1. The Bertz CT molecular complexity index is 570. The topological polar surface area (TPSA) is 24.9 Å². The second-order valence-corrected chi connectivity index (χ2v) is 4.12. The predicted octanol–water partition coefficient (Wildman–Crippen LogP) is 4.58. The van der Waals surface area contributed by atoms with Crippen LogP contribution in [0.2, 0.25) is 0 Å². The lowest BCUT2D eigenvalue weighted by molar-refractivity contribution is -0.137. The van der Waals surface area contributed by atoms with Gasteiger partial charge in [-0.1, -0.05) is 12.1 Å². The number of nitrogens with zero attached hydrogens (tertiary/aromatic N) is 1. The summed E-state index contributed by atoms with van der Waals surface area (Å²) in [5, 5.41) is 2.66. The van der Waals surface area contributed by atoms with Crippen molar-refractivity contribution < 1.29 is 13.2 Å². The number of rotatable bonds is 3. The van der Waals surface area contributed by atoms with Gasteiger partial charge in [0, 0.05) is 17.8 Å². The Morgan fingerprint density at radius 2 is 1.95 bits per heavy atom. The predicted molar refractivity (Wildman–Crippen MR) is 68.5 cm³/mol. The molecule has 100 valence electrons. The number of anilines is 2. The highest BCUT2D eigenvalue weighted by atomic mass is 35.5. The zero-order valence-corrected chi connectivity index (χ0v) is 10.5. The molecule has 0 atom stereocenters. The van der Waals surface area contributed by atoms with E-state index in [1.165, 1.54) is 12.3 Å². The van der Waals surface area contributed by atoms with E-state index in [-0.39, 0.29) is 5.82 Å². The van der Waals surface area contributed by atoms with Gasteiger partial charge in [0.2, 0.25) is 0 Å². The zero-order chi connectivity index (χ0) is 13.9. The van der Waals surface area contributed by atoms with Gasteiger partial charge in [-0.2, -0.15) is 13.2 Å². The van der Waals surface area contributed by atoms with E-state index in [1.807, 2.05) is 0 Å². The summed E-state index contributed by atoms with van der Waals surface area (Å²) in [7, 11) is 0. The monoisotopic (exact) mass is 286 g/mol. The van der Waals surface area contributed by atoms with Crippen LogP contribution in [0.3, 0.4) is 0 Å². The van der Waals surface area contributed by atoms with E-state index in [0.29, 0.717) is 11.6 Å². The van der Waals surface area contributed by atoms with Crippen molar-refractivity contribution in [3.8, 4) is 0 Å². The molecule has 19 heavy (non-hydrogen) atoms. The maximum absolute atomic E-state index is 12.8. The molecular weight excluding hydrogens is 277 g/mol. The molecule has 1 aromatic carbocycles. The molecule has 0 aliphatic rings. The van der Waals surface area contributed by atoms with Crippen molar-refractivity contribution in [1.29, 1.82) is 0 Å². The van der Waals surface area contributed by atoms with Crippen LogP contribution in [0, 0.1) is 0 Å². The molecule has 0 aliphatic heterocycles. The van der Waals surface area contributed by atoms with Gasteiger partial charge in [0.25, 0.3) is 0 Å². The van der Waals surface area contributed by atoms with Crippen molar-refractivity contribution in [3.63, 3.8) is 0 Å². The van der Waals surface area contributed by atoms with Gasteiger partial charge in [0.1, 0.15) is 5.82 Å². The Labute approximate surface area is 113 Å². The molecule has 1 N–H and O–H groups in total. The van der Waals surface area contributed by atoms with Gasteiger partial charge in [-0.3, -0.25) is 0 Å². The van der Waals surface area contributed by atoms with Gasteiger partial charge < -0.3 is 5.32 Å². The van der Waals surface area contributed by atoms with Crippen molar-refractivity contribution in [3.05, 3.63) is 53.7 Å². The number of nitrogens with one attached hydrogen (secondary N) is 1. The van der Waals surface area contributed by atoms with Crippen LogP contribution in [0.25, 0.3) is 0 Å². The van der Waals surface area contributed by atoms with E-state index in [2.05, 4.69) is 10.3 Å². The molecule has 0 saturated carbocycles. The third-order valence-electron chi connectivity index (χ3n) is 2.46. The minimum absolute atomic E-state index is 0.221. The molecule has 0 fully saturated rings. The average Bonchev–Trinajstić information content (AvgIpc) is 2.38. The Balaban J connectivity index is 2.33. The summed E-state index contributed by atoms with van der Waals surface area (Å²) >= 11 is 5.68.